The predicted molar refractivity (Wildman–Crippen MR) is 67.5 cm³/mol. The third-order valence-electron chi connectivity index (χ3n) is 2.57. The summed E-state index contributed by atoms with van der Waals surface area (Å²) in [4.78, 5) is 28.4. The minimum Gasteiger partial charge on any atom is -0.478 e. The summed E-state index contributed by atoms with van der Waals surface area (Å²) < 4.78 is 5.39. The number of nitrogens with zero attached hydrogens (tertiary/aromatic N) is 1. The van der Waals surface area contributed by atoms with E-state index in [0.717, 1.165) is 6.33 Å². The number of rotatable bonds is 3. The molecule has 0 spiro atoms. The first kappa shape index (κ1) is 12.6. The van der Waals surface area contributed by atoms with E-state index in [1.807, 2.05) is 0 Å². The monoisotopic (exact) mass is 261 g/mol. The number of nitrogen functional groups attached to an aromatic ring is 1. The molecule has 7 heteroatoms. The van der Waals surface area contributed by atoms with Gasteiger partial charge >= 0.3 is 5.97 Å². The Labute approximate surface area is 107 Å². The van der Waals surface area contributed by atoms with Gasteiger partial charge < -0.3 is 20.6 Å². The van der Waals surface area contributed by atoms with E-state index in [9.17, 15) is 9.59 Å². The Morgan fingerprint density at radius 3 is 2.89 bits per heavy atom. The number of benzene rings is 1. The number of nitrogens with one attached hydrogen (secondary N) is 1. The maximum atomic E-state index is 11.3. The lowest BCUT2D eigenvalue weighted by Crippen LogP contribution is -2.13. The number of carboxylic acids is 1. The van der Waals surface area contributed by atoms with Gasteiger partial charge in [-0.2, -0.15) is 0 Å². The lowest BCUT2D eigenvalue weighted by Gasteiger charge is -2.10. The number of carboxylic acid groups (broad SMARTS) is 1. The molecular formula is C12H11N3O4. The Morgan fingerprint density at radius 2 is 2.21 bits per heavy atom. The van der Waals surface area contributed by atoms with Crippen LogP contribution in [0.15, 0.2) is 29.3 Å². The summed E-state index contributed by atoms with van der Waals surface area (Å²) in [7, 11) is 0. The number of nitrogens with two attached hydrogens (primary N) is 1. The van der Waals surface area contributed by atoms with E-state index < -0.39 is 11.5 Å². The highest BCUT2D eigenvalue weighted by molar-refractivity contribution is 5.90. The van der Waals surface area contributed by atoms with Gasteiger partial charge in [0.1, 0.15) is 5.75 Å². The third kappa shape index (κ3) is 2.39. The Bertz CT molecular complexity index is 694. The van der Waals surface area contributed by atoms with Crippen LogP contribution in [0.1, 0.15) is 15.9 Å². The molecule has 1 aromatic heterocycles. The van der Waals surface area contributed by atoms with E-state index in [-0.39, 0.29) is 22.9 Å². The molecule has 98 valence electrons. The summed E-state index contributed by atoms with van der Waals surface area (Å²) in [6.45, 7) is 1.60. The highest BCUT2D eigenvalue weighted by atomic mass is 16.5. The third-order valence-corrected chi connectivity index (χ3v) is 2.57. The molecule has 2 rings (SSSR count). The van der Waals surface area contributed by atoms with E-state index >= 15 is 0 Å². The van der Waals surface area contributed by atoms with E-state index in [4.69, 9.17) is 15.6 Å². The average Bonchev–Trinajstić information content (AvgIpc) is 2.37. The smallest absolute Gasteiger partial charge is 0.336 e. The van der Waals surface area contributed by atoms with Crippen LogP contribution >= 0.6 is 0 Å². The Hall–Kier alpha value is -2.83. The van der Waals surface area contributed by atoms with Crippen molar-refractivity contribution in [3.63, 3.8) is 0 Å². The van der Waals surface area contributed by atoms with Crippen molar-refractivity contribution in [2.75, 3.05) is 5.73 Å². The van der Waals surface area contributed by atoms with Gasteiger partial charge in [-0.05, 0) is 19.1 Å². The fourth-order valence-electron chi connectivity index (χ4n) is 1.54. The summed E-state index contributed by atoms with van der Waals surface area (Å²) in [6, 6.07) is 4.57. The minimum atomic E-state index is -1.06. The van der Waals surface area contributed by atoms with E-state index in [0.29, 0.717) is 5.56 Å². The van der Waals surface area contributed by atoms with Crippen LogP contribution in [0.25, 0.3) is 0 Å². The zero-order chi connectivity index (χ0) is 14.0. The standard InChI is InChI=1S/C12H11N3O4/c1-6-7(12(17)18)3-2-4-8(6)19-11-9(13)10(16)14-5-15-11/h2-5H,13H2,1H3,(H,17,18)(H,14,15,16). The van der Waals surface area contributed by atoms with Crippen molar-refractivity contribution in [3.05, 3.63) is 46.0 Å². The normalized spacial score (nSPS) is 10.2. The largest absolute Gasteiger partial charge is 0.478 e. The topological polar surface area (TPSA) is 118 Å². The quantitative estimate of drug-likeness (QED) is 0.762. The number of hydrogen-bond donors (Lipinski definition) is 3. The minimum absolute atomic E-state index is 0.0608. The van der Waals surface area contributed by atoms with Crippen molar-refractivity contribution < 1.29 is 14.6 Å². The molecule has 0 amide bonds. The van der Waals surface area contributed by atoms with Gasteiger partial charge in [0, 0.05) is 5.56 Å². The van der Waals surface area contributed by atoms with Gasteiger partial charge in [-0.1, -0.05) is 6.07 Å². The SMILES string of the molecule is Cc1c(Oc2nc[nH]c(=O)c2N)cccc1C(=O)O. The molecule has 2 aromatic rings. The average molecular weight is 261 g/mol. The maximum Gasteiger partial charge on any atom is 0.336 e. The molecule has 0 saturated carbocycles. The molecule has 0 aliphatic heterocycles. The molecule has 4 N–H and O–H groups in total. The van der Waals surface area contributed by atoms with Crippen molar-refractivity contribution in [1.82, 2.24) is 9.97 Å². The molecule has 0 bridgehead atoms. The fourth-order valence-corrected chi connectivity index (χ4v) is 1.54. The molecule has 0 radical (unpaired) electrons. The molecular weight excluding hydrogens is 250 g/mol. The van der Waals surface area contributed by atoms with Crippen LogP contribution in [-0.4, -0.2) is 21.0 Å². The molecule has 0 aliphatic rings. The Balaban J connectivity index is 2.44. The first-order valence-corrected chi connectivity index (χ1v) is 5.34. The first-order chi connectivity index (χ1) is 9.00. The van der Waals surface area contributed by atoms with E-state index in [1.165, 1.54) is 12.1 Å². The van der Waals surface area contributed by atoms with Gasteiger partial charge in [-0.15, -0.1) is 0 Å². The summed E-state index contributed by atoms with van der Waals surface area (Å²) in [5, 5.41) is 9.00. The zero-order valence-corrected chi connectivity index (χ0v) is 10.0. The van der Waals surface area contributed by atoms with Crippen LogP contribution in [0, 0.1) is 6.92 Å². The Morgan fingerprint density at radius 1 is 1.47 bits per heavy atom. The lowest BCUT2D eigenvalue weighted by molar-refractivity contribution is 0.0695. The van der Waals surface area contributed by atoms with Gasteiger partial charge in [-0.3, -0.25) is 4.79 Å². The second-order valence-electron chi connectivity index (χ2n) is 3.79. The Kier molecular flexibility index (Phi) is 3.19. The number of aromatic carboxylic acids is 1. The highest BCUT2D eigenvalue weighted by Gasteiger charge is 2.13. The zero-order valence-electron chi connectivity index (χ0n) is 10.0. The summed E-state index contributed by atoms with van der Waals surface area (Å²) >= 11 is 0. The number of aromatic amines is 1. The van der Waals surface area contributed by atoms with Crippen LogP contribution in [0.4, 0.5) is 5.69 Å². The highest BCUT2D eigenvalue weighted by Crippen LogP contribution is 2.27. The van der Waals surface area contributed by atoms with Gasteiger partial charge in [0.05, 0.1) is 11.9 Å². The summed E-state index contributed by atoms with van der Waals surface area (Å²) in [5.41, 5.74) is 5.39. The number of aromatic nitrogens is 2. The number of hydrogen-bond acceptors (Lipinski definition) is 5. The second kappa shape index (κ2) is 4.81. The van der Waals surface area contributed by atoms with Crippen molar-refractivity contribution in [2.24, 2.45) is 0 Å². The number of carbonyl (C=O) groups is 1. The number of anilines is 1. The number of ether oxygens (including phenoxy) is 1. The molecule has 1 heterocycles. The van der Waals surface area contributed by atoms with Crippen molar-refractivity contribution in [3.8, 4) is 11.6 Å². The molecule has 0 unspecified atom stereocenters. The van der Waals surface area contributed by atoms with Crippen LogP contribution in [0.5, 0.6) is 11.6 Å². The molecule has 7 nitrogen and oxygen atoms in total. The number of H-pyrrole nitrogens is 1. The van der Waals surface area contributed by atoms with E-state index in [2.05, 4.69) is 9.97 Å². The van der Waals surface area contributed by atoms with Crippen molar-refractivity contribution >= 4 is 11.7 Å². The van der Waals surface area contributed by atoms with Crippen LogP contribution in [0.3, 0.4) is 0 Å². The molecule has 0 saturated heterocycles. The first-order valence-electron chi connectivity index (χ1n) is 5.34. The maximum absolute atomic E-state index is 11.3. The fraction of sp³-hybridized carbons (Fsp3) is 0.0833. The predicted octanol–water partition coefficient (Wildman–Crippen LogP) is 1.15. The molecule has 0 fully saturated rings. The van der Waals surface area contributed by atoms with Gasteiger partial charge in [0.15, 0.2) is 5.69 Å². The van der Waals surface area contributed by atoms with Crippen LogP contribution < -0.4 is 16.0 Å². The van der Waals surface area contributed by atoms with Gasteiger partial charge in [0.25, 0.3) is 5.56 Å². The van der Waals surface area contributed by atoms with E-state index in [1.54, 1.807) is 13.0 Å². The summed E-state index contributed by atoms with van der Waals surface area (Å²) in [6.07, 6.45) is 1.16. The van der Waals surface area contributed by atoms with Gasteiger partial charge in [0.2, 0.25) is 5.88 Å². The van der Waals surface area contributed by atoms with Crippen LogP contribution in [-0.2, 0) is 0 Å². The lowest BCUT2D eigenvalue weighted by atomic mass is 10.1. The molecule has 0 aliphatic carbocycles. The van der Waals surface area contributed by atoms with Gasteiger partial charge in [-0.25, -0.2) is 9.78 Å². The molecule has 1 aromatic carbocycles. The van der Waals surface area contributed by atoms with Crippen LogP contribution in [0.2, 0.25) is 0 Å². The van der Waals surface area contributed by atoms with Crippen molar-refractivity contribution in [1.29, 1.82) is 0 Å². The molecule has 19 heavy (non-hydrogen) atoms. The van der Waals surface area contributed by atoms with Crippen molar-refractivity contribution in [2.45, 2.75) is 6.92 Å². The summed E-state index contributed by atoms with van der Waals surface area (Å²) in [5.74, 6) is -0.839. The second-order valence-corrected chi connectivity index (χ2v) is 3.79. The molecule has 0 atom stereocenters.